The lowest BCUT2D eigenvalue weighted by Gasteiger charge is -2.29. The predicted octanol–water partition coefficient (Wildman–Crippen LogP) is 4.26. The van der Waals surface area contributed by atoms with E-state index in [9.17, 15) is 9.59 Å². The Morgan fingerprint density at radius 1 is 1.25 bits per heavy atom. The quantitative estimate of drug-likeness (QED) is 0.548. The lowest BCUT2D eigenvalue weighted by Crippen LogP contribution is -2.39. The number of aryl methyl sites for hydroxylation is 2. The highest BCUT2D eigenvalue weighted by Gasteiger charge is 2.25. The van der Waals surface area contributed by atoms with Crippen molar-refractivity contribution in [3.05, 3.63) is 61.5 Å². The van der Waals surface area contributed by atoms with Crippen molar-refractivity contribution in [3.63, 3.8) is 0 Å². The molecule has 2 aromatic heterocycles. The second-order valence-electron chi connectivity index (χ2n) is 7.25. The molecular weight excluding hydrogens is 420 g/mol. The fourth-order valence-electron chi connectivity index (χ4n) is 3.48. The van der Waals surface area contributed by atoms with Gasteiger partial charge in [0.15, 0.2) is 0 Å². The van der Waals surface area contributed by atoms with E-state index in [-0.39, 0.29) is 24.1 Å². The van der Waals surface area contributed by atoms with E-state index in [4.69, 9.17) is 5.73 Å². The largest absolute Gasteiger partial charge is 0.385 e. The third-order valence-electron chi connectivity index (χ3n) is 5.26. The van der Waals surface area contributed by atoms with Gasteiger partial charge in [-0.3, -0.25) is 9.59 Å². The summed E-state index contributed by atoms with van der Waals surface area (Å²) in [7, 11) is 0. The topological polar surface area (TPSA) is 95.0 Å². The molecule has 0 fully saturated rings. The minimum atomic E-state index is -0.254. The van der Waals surface area contributed by atoms with Crippen LogP contribution in [0.3, 0.4) is 0 Å². The Kier molecular flexibility index (Phi) is 5.65. The van der Waals surface area contributed by atoms with E-state index in [1.54, 1.807) is 11.0 Å². The zero-order valence-electron chi connectivity index (χ0n) is 16.5. The molecule has 28 heavy (non-hydrogen) atoms. The molecule has 0 aliphatic rings. The highest BCUT2D eigenvalue weighted by molar-refractivity contribution is 9.10. The standard InChI is InChI=1S/C21H25BrN4O2/c1-5-13(4)26(10-16-11(2)6-18(23)25-20(16)27)21(28)15-7-14(22)8-17-19(15)12(3)9-24-17/h6-9,13,24H,5,10H2,1-4H3,(H3,23,25,27). The number of anilines is 1. The molecule has 7 heteroatoms. The number of fused-ring (bicyclic) bond motifs is 1. The smallest absolute Gasteiger partial charge is 0.255 e. The number of aromatic amines is 2. The van der Waals surface area contributed by atoms with E-state index in [0.717, 1.165) is 32.9 Å². The molecule has 1 amide bonds. The zero-order valence-corrected chi connectivity index (χ0v) is 18.1. The number of halogens is 1. The molecule has 0 aliphatic carbocycles. The monoisotopic (exact) mass is 444 g/mol. The molecule has 1 unspecified atom stereocenters. The van der Waals surface area contributed by atoms with Crippen molar-refractivity contribution in [2.24, 2.45) is 0 Å². The minimum Gasteiger partial charge on any atom is -0.385 e. The number of hydrogen-bond acceptors (Lipinski definition) is 3. The number of nitrogens with two attached hydrogens (primary N) is 1. The van der Waals surface area contributed by atoms with Gasteiger partial charge in [0.05, 0.1) is 12.1 Å². The van der Waals surface area contributed by atoms with Crippen LogP contribution in [0.2, 0.25) is 0 Å². The van der Waals surface area contributed by atoms with E-state index < -0.39 is 0 Å². The van der Waals surface area contributed by atoms with Crippen LogP contribution in [0.4, 0.5) is 5.82 Å². The minimum absolute atomic E-state index is 0.0304. The van der Waals surface area contributed by atoms with Crippen molar-refractivity contribution in [1.29, 1.82) is 0 Å². The van der Waals surface area contributed by atoms with Crippen LogP contribution in [-0.4, -0.2) is 26.8 Å². The number of nitrogens with one attached hydrogen (secondary N) is 2. The fourth-order valence-corrected chi connectivity index (χ4v) is 3.94. The van der Waals surface area contributed by atoms with E-state index in [1.807, 2.05) is 46.0 Å². The molecule has 4 N–H and O–H groups in total. The van der Waals surface area contributed by atoms with Crippen molar-refractivity contribution in [3.8, 4) is 0 Å². The van der Waals surface area contributed by atoms with Crippen molar-refractivity contribution >= 4 is 38.6 Å². The van der Waals surface area contributed by atoms with Gasteiger partial charge in [-0.2, -0.15) is 0 Å². The number of amides is 1. The summed E-state index contributed by atoms with van der Waals surface area (Å²) in [5.41, 5.74) is 9.35. The molecule has 0 saturated carbocycles. The summed E-state index contributed by atoms with van der Waals surface area (Å²) >= 11 is 3.50. The molecular formula is C21H25BrN4O2. The fraction of sp³-hybridized carbons (Fsp3) is 0.333. The van der Waals surface area contributed by atoms with Gasteiger partial charge in [0.25, 0.3) is 11.5 Å². The summed E-state index contributed by atoms with van der Waals surface area (Å²) in [6.07, 6.45) is 2.68. The van der Waals surface area contributed by atoms with Gasteiger partial charge >= 0.3 is 0 Å². The van der Waals surface area contributed by atoms with E-state index in [2.05, 4.69) is 25.9 Å². The second-order valence-corrected chi connectivity index (χ2v) is 8.17. The third kappa shape index (κ3) is 3.71. The summed E-state index contributed by atoms with van der Waals surface area (Å²) in [4.78, 5) is 33.7. The number of H-pyrrole nitrogens is 2. The van der Waals surface area contributed by atoms with Crippen LogP contribution in [0, 0.1) is 13.8 Å². The number of pyridine rings is 1. The first-order valence-corrected chi connectivity index (χ1v) is 10.1. The van der Waals surface area contributed by atoms with Gasteiger partial charge in [-0.1, -0.05) is 22.9 Å². The Morgan fingerprint density at radius 3 is 2.61 bits per heavy atom. The van der Waals surface area contributed by atoms with Crippen LogP contribution >= 0.6 is 15.9 Å². The first-order valence-electron chi connectivity index (χ1n) is 9.29. The molecule has 148 valence electrons. The molecule has 0 spiro atoms. The number of carbonyl (C=O) groups excluding carboxylic acids is 1. The molecule has 0 bridgehead atoms. The van der Waals surface area contributed by atoms with Crippen LogP contribution < -0.4 is 11.3 Å². The molecule has 6 nitrogen and oxygen atoms in total. The molecule has 3 rings (SSSR count). The number of aromatic nitrogens is 2. The number of rotatable bonds is 5. The molecule has 0 aliphatic heterocycles. The van der Waals surface area contributed by atoms with Gasteiger partial charge in [-0.15, -0.1) is 0 Å². The van der Waals surface area contributed by atoms with Crippen LogP contribution in [-0.2, 0) is 6.54 Å². The van der Waals surface area contributed by atoms with E-state index >= 15 is 0 Å². The molecule has 0 saturated heterocycles. The van der Waals surface area contributed by atoms with Gasteiger partial charge in [0, 0.05) is 33.2 Å². The predicted molar refractivity (Wildman–Crippen MR) is 117 cm³/mol. The van der Waals surface area contributed by atoms with E-state index in [1.165, 1.54) is 0 Å². The first kappa shape index (κ1) is 20.2. The van der Waals surface area contributed by atoms with Crippen molar-refractivity contribution in [2.75, 3.05) is 5.73 Å². The lowest BCUT2D eigenvalue weighted by molar-refractivity contribution is 0.0672. The number of nitrogen functional groups attached to an aromatic ring is 1. The summed E-state index contributed by atoms with van der Waals surface area (Å²) in [6.45, 7) is 8.08. The van der Waals surface area contributed by atoms with Crippen LogP contribution in [0.5, 0.6) is 0 Å². The molecule has 1 aromatic carbocycles. The third-order valence-corrected chi connectivity index (χ3v) is 5.72. The van der Waals surface area contributed by atoms with Gasteiger partial charge < -0.3 is 20.6 Å². The Morgan fingerprint density at radius 2 is 1.96 bits per heavy atom. The van der Waals surface area contributed by atoms with Crippen LogP contribution in [0.15, 0.2) is 33.7 Å². The Balaban J connectivity index is 2.10. The van der Waals surface area contributed by atoms with Gasteiger partial charge in [-0.05, 0) is 56.5 Å². The second kappa shape index (κ2) is 7.83. The van der Waals surface area contributed by atoms with Gasteiger partial charge in [-0.25, -0.2) is 0 Å². The van der Waals surface area contributed by atoms with Gasteiger partial charge in [0.2, 0.25) is 0 Å². The normalized spacial score (nSPS) is 12.3. The molecule has 3 aromatic rings. The van der Waals surface area contributed by atoms with Gasteiger partial charge in [0.1, 0.15) is 5.82 Å². The summed E-state index contributed by atoms with van der Waals surface area (Å²) in [6, 6.07) is 5.50. The highest BCUT2D eigenvalue weighted by atomic mass is 79.9. The maximum Gasteiger partial charge on any atom is 0.255 e. The van der Waals surface area contributed by atoms with Crippen molar-refractivity contribution in [2.45, 2.75) is 46.7 Å². The first-order chi connectivity index (χ1) is 13.2. The number of hydrogen-bond donors (Lipinski definition) is 3. The Bertz CT molecular complexity index is 1100. The number of nitrogens with zero attached hydrogens (tertiary/aromatic N) is 1. The SMILES string of the molecule is CCC(C)N(Cc1c(C)cc(N)[nH]c1=O)C(=O)c1cc(Br)cc2[nH]cc(C)c12. The lowest BCUT2D eigenvalue weighted by atomic mass is 10.0. The highest BCUT2D eigenvalue weighted by Crippen LogP contribution is 2.29. The summed E-state index contributed by atoms with van der Waals surface area (Å²) in [5, 5.41) is 0.907. The summed E-state index contributed by atoms with van der Waals surface area (Å²) in [5.74, 6) is 0.225. The van der Waals surface area contributed by atoms with Crippen molar-refractivity contribution < 1.29 is 4.79 Å². The zero-order chi connectivity index (χ0) is 20.6. The average Bonchev–Trinajstić information content (AvgIpc) is 3.00. The molecule has 2 heterocycles. The molecule has 0 radical (unpaired) electrons. The van der Waals surface area contributed by atoms with Crippen LogP contribution in [0.25, 0.3) is 10.9 Å². The average molecular weight is 445 g/mol. The van der Waals surface area contributed by atoms with E-state index in [0.29, 0.717) is 16.9 Å². The number of carbonyl (C=O) groups is 1. The Labute approximate surface area is 172 Å². The maximum atomic E-state index is 13.6. The van der Waals surface area contributed by atoms with Crippen molar-refractivity contribution in [1.82, 2.24) is 14.9 Å². The maximum absolute atomic E-state index is 13.6. The Hall–Kier alpha value is -2.54. The summed E-state index contributed by atoms with van der Waals surface area (Å²) < 4.78 is 0.829. The molecule has 1 atom stereocenters. The number of benzene rings is 1. The van der Waals surface area contributed by atoms with Crippen LogP contribution in [0.1, 0.15) is 47.3 Å².